The quantitative estimate of drug-likeness (QED) is 0.840. The molecule has 2 nitrogen and oxygen atoms in total. The van der Waals surface area contributed by atoms with Crippen molar-refractivity contribution < 1.29 is 17.9 Å². The van der Waals surface area contributed by atoms with E-state index in [1.54, 1.807) is 7.11 Å². The lowest BCUT2D eigenvalue weighted by Gasteiger charge is -2.12. The molecule has 1 N–H and O–H groups in total. The van der Waals surface area contributed by atoms with Gasteiger partial charge in [-0.05, 0) is 11.1 Å². The molecule has 2 aromatic carbocycles. The van der Waals surface area contributed by atoms with Gasteiger partial charge in [0.05, 0.1) is 12.3 Å². The molecule has 0 aliphatic heterocycles. The second-order valence-corrected chi connectivity index (χ2v) is 4.30. The Morgan fingerprint density at radius 2 is 1.75 bits per heavy atom. The summed E-state index contributed by atoms with van der Waals surface area (Å²) in [5, 5.41) is 2.70. The third kappa shape index (κ3) is 3.30. The van der Waals surface area contributed by atoms with Gasteiger partial charge < -0.3 is 10.1 Å². The van der Waals surface area contributed by atoms with Crippen molar-refractivity contribution in [2.24, 2.45) is 0 Å². The lowest BCUT2D eigenvalue weighted by molar-refractivity contribution is 0.184. The van der Waals surface area contributed by atoms with Crippen molar-refractivity contribution in [2.75, 3.05) is 12.4 Å². The van der Waals surface area contributed by atoms with Crippen molar-refractivity contribution in [3.8, 4) is 0 Å². The minimum absolute atomic E-state index is 0.199. The van der Waals surface area contributed by atoms with E-state index in [0.717, 1.165) is 17.2 Å². The molecule has 0 aliphatic carbocycles. The monoisotopic (exact) mass is 281 g/mol. The molecule has 0 amide bonds. The average molecular weight is 281 g/mol. The van der Waals surface area contributed by atoms with Gasteiger partial charge in [-0.15, -0.1) is 0 Å². The van der Waals surface area contributed by atoms with Crippen LogP contribution in [0.4, 0.5) is 18.9 Å². The standard InChI is InChI=1S/C15H14F3NO/c1-20-9-11-5-3-2-4-10(11)8-19-14-7-12(16)6-13(17)15(14)18/h2-7,19H,8-9H2,1H3. The summed E-state index contributed by atoms with van der Waals surface area (Å²) in [4.78, 5) is 0. The molecule has 0 aromatic heterocycles. The normalized spacial score (nSPS) is 10.6. The Morgan fingerprint density at radius 3 is 2.45 bits per heavy atom. The van der Waals surface area contributed by atoms with Gasteiger partial charge in [-0.2, -0.15) is 0 Å². The molecule has 0 radical (unpaired) electrons. The SMILES string of the molecule is COCc1ccccc1CNc1cc(F)cc(F)c1F. The number of rotatable bonds is 5. The van der Waals surface area contributed by atoms with Gasteiger partial charge in [0.2, 0.25) is 0 Å². The van der Waals surface area contributed by atoms with Gasteiger partial charge in [-0.1, -0.05) is 24.3 Å². The Hall–Kier alpha value is -2.01. The van der Waals surface area contributed by atoms with Crippen LogP contribution in [0, 0.1) is 17.5 Å². The first-order chi connectivity index (χ1) is 9.61. The van der Waals surface area contributed by atoms with Crippen molar-refractivity contribution in [3.05, 3.63) is 65.0 Å². The fourth-order valence-electron chi connectivity index (χ4n) is 1.90. The van der Waals surface area contributed by atoms with Crippen LogP contribution in [0.25, 0.3) is 0 Å². The highest BCUT2D eigenvalue weighted by atomic mass is 19.2. The van der Waals surface area contributed by atoms with E-state index < -0.39 is 17.5 Å². The van der Waals surface area contributed by atoms with Crippen molar-refractivity contribution in [2.45, 2.75) is 13.2 Å². The second-order valence-electron chi connectivity index (χ2n) is 4.30. The molecule has 0 unspecified atom stereocenters. The molecular weight excluding hydrogens is 267 g/mol. The molecule has 0 aliphatic rings. The Labute approximate surface area is 115 Å². The predicted molar refractivity (Wildman–Crippen MR) is 70.8 cm³/mol. The fourth-order valence-corrected chi connectivity index (χ4v) is 1.90. The Morgan fingerprint density at radius 1 is 1.05 bits per heavy atom. The van der Waals surface area contributed by atoms with Crippen LogP contribution in [-0.2, 0) is 17.9 Å². The van der Waals surface area contributed by atoms with Gasteiger partial charge in [0.1, 0.15) is 5.82 Å². The number of methoxy groups -OCH3 is 1. The summed E-state index contributed by atoms with van der Waals surface area (Å²) in [5.74, 6) is -3.12. The Bertz CT molecular complexity index is 602. The number of benzene rings is 2. The van der Waals surface area contributed by atoms with Crippen molar-refractivity contribution in [3.63, 3.8) is 0 Å². The molecule has 2 rings (SSSR count). The molecule has 0 saturated heterocycles. The molecule has 0 fully saturated rings. The summed E-state index contributed by atoms with van der Waals surface area (Å²) in [6.07, 6.45) is 0. The van der Waals surface area contributed by atoms with Gasteiger partial charge >= 0.3 is 0 Å². The minimum atomic E-state index is -1.21. The summed E-state index contributed by atoms with van der Waals surface area (Å²) >= 11 is 0. The average Bonchev–Trinajstić information content (AvgIpc) is 2.43. The molecular formula is C15H14F3NO. The molecule has 106 valence electrons. The first-order valence-electron chi connectivity index (χ1n) is 6.06. The lowest BCUT2D eigenvalue weighted by Crippen LogP contribution is -2.06. The van der Waals surface area contributed by atoms with Crippen LogP contribution in [0.3, 0.4) is 0 Å². The van der Waals surface area contributed by atoms with Crippen LogP contribution in [0.15, 0.2) is 36.4 Å². The van der Waals surface area contributed by atoms with Gasteiger partial charge in [0.15, 0.2) is 11.6 Å². The number of nitrogens with one attached hydrogen (secondary N) is 1. The number of anilines is 1. The van der Waals surface area contributed by atoms with Crippen LogP contribution in [0.2, 0.25) is 0 Å². The summed E-state index contributed by atoms with van der Waals surface area (Å²) in [6.45, 7) is 0.664. The second kappa shape index (κ2) is 6.43. The van der Waals surface area contributed by atoms with Crippen molar-refractivity contribution in [1.29, 1.82) is 0 Å². The van der Waals surface area contributed by atoms with Crippen LogP contribution < -0.4 is 5.32 Å². The minimum Gasteiger partial charge on any atom is -0.380 e. The van der Waals surface area contributed by atoms with E-state index in [0.29, 0.717) is 12.7 Å². The van der Waals surface area contributed by atoms with E-state index in [2.05, 4.69) is 5.32 Å². The highest BCUT2D eigenvalue weighted by Gasteiger charge is 2.11. The first kappa shape index (κ1) is 14.4. The fraction of sp³-hybridized carbons (Fsp3) is 0.200. The van der Waals surface area contributed by atoms with E-state index in [-0.39, 0.29) is 12.2 Å². The molecule has 0 saturated carbocycles. The van der Waals surface area contributed by atoms with E-state index in [1.165, 1.54) is 0 Å². The highest BCUT2D eigenvalue weighted by Crippen LogP contribution is 2.20. The smallest absolute Gasteiger partial charge is 0.182 e. The number of hydrogen-bond donors (Lipinski definition) is 1. The van der Waals surface area contributed by atoms with Crippen LogP contribution in [0.5, 0.6) is 0 Å². The van der Waals surface area contributed by atoms with Crippen molar-refractivity contribution >= 4 is 5.69 Å². The Balaban J connectivity index is 2.17. The summed E-state index contributed by atoms with van der Waals surface area (Å²) in [6, 6.07) is 8.85. The largest absolute Gasteiger partial charge is 0.380 e. The summed E-state index contributed by atoms with van der Waals surface area (Å²) in [5.41, 5.74) is 1.60. The Kier molecular flexibility index (Phi) is 4.63. The maximum absolute atomic E-state index is 13.5. The predicted octanol–water partition coefficient (Wildman–Crippen LogP) is 3.86. The van der Waals surface area contributed by atoms with Crippen LogP contribution in [0.1, 0.15) is 11.1 Å². The van der Waals surface area contributed by atoms with Gasteiger partial charge in [0, 0.05) is 25.8 Å². The lowest BCUT2D eigenvalue weighted by atomic mass is 10.1. The molecule has 5 heteroatoms. The third-order valence-electron chi connectivity index (χ3n) is 2.88. The number of ether oxygens (including phenoxy) is 1. The van der Waals surface area contributed by atoms with E-state index >= 15 is 0 Å². The van der Waals surface area contributed by atoms with E-state index in [4.69, 9.17) is 4.74 Å². The third-order valence-corrected chi connectivity index (χ3v) is 2.88. The summed E-state index contributed by atoms with van der Waals surface area (Å²) < 4.78 is 44.7. The maximum Gasteiger partial charge on any atom is 0.182 e. The highest BCUT2D eigenvalue weighted by molar-refractivity contribution is 5.46. The molecule has 0 atom stereocenters. The molecule has 20 heavy (non-hydrogen) atoms. The first-order valence-corrected chi connectivity index (χ1v) is 6.06. The molecule has 0 heterocycles. The van der Waals surface area contributed by atoms with Crippen LogP contribution in [-0.4, -0.2) is 7.11 Å². The van der Waals surface area contributed by atoms with Crippen LogP contribution >= 0.6 is 0 Å². The number of halogens is 3. The van der Waals surface area contributed by atoms with E-state index in [9.17, 15) is 13.2 Å². The summed E-state index contributed by atoms with van der Waals surface area (Å²) in [7, 11) is 1.58. The van der Waals surface area contributed by atoms with E-state index in [1.807, 2.05) is 24.3 Å². The van der Waals surface area contributed by atoms with Gasteiger partial charge in [-0.25, -0.2) is 13.2 Å². The van der Waals surface area contributed by atoms with Crippen molar-refractivity contribution in [1.82, 2.24) is 0 Å². The molecule has 0 bridgehead atoms. The van der Waals surface area contributed by atoms with Gasteiger partial charge in [-0.3, -0.25) is 0 Å². The topological polar surface area (TPSA) is 21.3 Å². The maximum atomic E-state index is 13.5. The molecule has 0 spiro atoms. The number of hydrogen-bond acceptors (Lipinski definition) is 2. The van der Waals surface area contributed by atoms with Gasteiger partial charge in [0.25, 0.3) is 0 Å². The zero-order valence-corrected chi connectivity index (χ0v) is 10.9. The molecule has 2 aromatic rings. The zero-order chi connectivity index (χ0) is 14.5. The zero-order valence-electron chi connectivity index (χ0n) is 10.9.